The van der Waals surface area contributed by atoms with E-state index in [2.05, 4.69) is 23.9 Å². The van der Waals surface area contributed by atoms with Crippen LogP contribution in [0.4, 0.5) is 0 Å². The number of nitrogens with zero attached hydrogens (tertiary/aromatic N) is 1. The molecule has 0 aliphatic carbocycles. The Morgan fingerprint density at radius 1 is 1.27 bits per heavy atom. The van der Waals surface area contributed by atoms with E-state index in [0.29, 0.717) is 0 Å². The Morgan fingerprint density at radius 3 is 2.82 bits per heavy atom. The van der Waals surface area contributed by atoms with Crippen molar-refractivity contribution in [1.82, 2.24) is 4.57 Å². The molecule has 1 heteroatoms. The molecule has 0 saturated heterocycles. The summed E-state index contributed by atoms with van der Waals surface area (Å²) in [6.45, 7) is 3.37. The molecule has 1 radical (unpaired) electrons. The number of rotatable bonds is 5. The van der Waals surface area contributed by atoms with Crippen molar-refractivity contribution in [3.05, 3.63) is 24.5 Å². The van der Waals surface area contributed by atoms with Gasteiger partial charge in [-0.1, -0.05) is 26.2 Å². The number of aromatic nitrogens is 1. The zero-order chi connectivity index (χ0) is 7.94. The third-order valence-corrected chi connectivity index (χ3v) is 1.86. The predicted molar refractivity (Wildman–Crippen MR) is 47.4 cm³/mol. The van der Waals surface area contributed by atoms with Crippen LogP contribution in [0, 0.1) is 6.20 Å². The summed E-state index contributed by atoms with van der Waals surface area (Å²) in [6, 6.07) is 3.99. The summed E-state index contributed by atoms with van der Waals surface area (Å²) in [7, 11) is 0. The number of hydrogen-bond donors (Lipinski definition) is 0. The normalized spacial score (nSPS) is 10.3. The number of aryl methyl sites for hydroxylation is 1. The third kappa shape index (κ3) is 3.26. The molecule has 0 aliphatic heterocycles. The van der Waals surface area contributed by atoms with Crippen molar-refractivity contribution in [2.75, 3.05) is 0 Å². The number of unbranched alkanes of at least 4 members (excludes halogenated alkanes) is 3. The van der Waals surface area contributed by atoms with Crippen LogP contribution in [0.15, 0.2) is 18.3 Å². The van der Waals surface area contributed by atoms with Crippen molar-refractivity contribution < 1.29 is 0 Å². The van der Waals surface area contributed by atoms with Gasteiger partial charge in [-0.3, -0.25) is 0 Å². The van der Waals surface area contributed by atoms with Gasteiger partial charge in [0.25, 0.3) is 0 Å². The Hall–Kier alpha value is -0.720. The van der Waals surface area contributed by atoms with Crippen molar-refractivity contribution in [1.29, 1.82) is 0 Å². The molecule has 61 valence electrons. The fourth-order valence-electron chi connectivity index (χ4n) is 1.18. The van der Waals surface area contributed by atoms with Gasteiger partial charge in [-0.2, -0.15) is 0 Å². The van der Waals surface area contributed by atoms with Crippen LogP contribution in [0.2, 0.25) is 0 Å². The Bertz CT molecular complexity index is 165. The molecule has 0 atom stereocenters. The minimum atomic E-state index is 1.13. The monoisotopic (exact) mass is 150 g/mol. The van der Waals surface area contributed by atoms with E-state index < -0.39 is 0 Å². The van der Waals surface area contributed by atoms with Gasteiger partial charge in [-0.15, -0.1) is 0 Å². The van der Waals surface area contributed by atoms with Crippen molar-refractivity contribution in [3.63, 3.8) is 0 Å². The van der Waals surface area contributed by atoms with Crippen LogP contribution >= 0.6 is 0 Å². The third-order valence-electron chi connectivity index (χ3n) is 1.86. The zero-order valence-electron chi connectivity index (χ0n) is 7.21. The average molecular weight is 150 g/mol. The largest absolute Gasteiger partial charge is 0.346 e. The van der Waals surface area contributed by atoms with Gasteiger partial charge in [0.15, 0.2) is 0 Å². The van der Waals surface area contributed by atoms with E-state index in [1.807, 2.05) is 12.1 Å². The fraction of sp³-hybridized carbons (Fsp3) is 0.600. The summed E-state index contributed by atoms with van der Waals surface area (Å²) in [5.41, 5.74) is 0. The molecule has 0 N–H and O–H groups in total. The lowest BCUT2D eigenvalue weighted by Crippen LogP contribution is -1.93. The molecule has 1 aromatic rings. The van der Waals surface area contributed by atoms with Crippen molar-refractivity contribution in [2.24, 2.45) is 0 Å². The first kappa shape index (κ1) is 8.38. The molecule has 1 nitrogen and oxygen atoms in total. The maximum Gasteiger partial charge on any atom is 0.0647 e. The van der Waals surface area contributed by atoms with E-state index in [9.17, 15) is 0 Å². The van der Waals surface area contributed by atoms with Gasteiger partial charge in [-0.05, 0) is 18.6 Å². The van der Waals surface area contributed by atoms with E-state index in [-0.39, 0.29) is 0 Å². The highest BCUT2D eigenvalue weighted by Gasteiger charge is 1.88. The molecule has 0 aliphatic rings. The van der Waals surface area contributed by atoms with Gasteiger partial charge >= 0.3 is 0 Å². The molecule has 0 fully saturated rings. The summed E-state index contributed by atoms with van der Waals surface area (Å²) < 4.78 is 2.12. The average Bonchev–Trinajstić information content (AvgIpc) is 2.50. The summed E-state index contributed by atoms with van der Waals surface area (Å²) in [5.74, 6) is 0. The van der Waals surface area contributed by atoms with E-state index in [4.69, 9.17) is 0 Å². The van der Waals surface area contributed by atoms with Crippen LogP contribution in [0.3, 0.4) is 0 Å². The van der Waals surface area contributed by atoms with Gasteiger partial charge in [0.05, 0.1) is 6.20 Å². The van der Waals surface area contributed by atoms with Crippen LogP contribution in [0.1, 0.15) is 32.6 Å². The van der Waals surface area contributed by atoms with Gasteiger partial charge < -0.3 is 4.57 Å². The Labute approximate surface area is 69.0 Å². The van der Waals surface area contributed by atoms with Crippen LogP contribution in [0.5, 0.6) is 0 Å². The summed E-state index contributed by atoms with van der Waals surface area (Å²) >= 11 is 0. The molecule has 0 saturated carbocycles. The van der Waals surface area contributed by atoms with Gasteiger partial charge in [-0.25, -0.2) is 0 Å². The van der Waals surface area contributed by atoms with Crippen LogP contribution in [-0.2, 0) is 6.54 Å². The van der Waals surface area contributed by atoms with Gasteiger partial charge in [0.1, 0.15) is 0 Å². The second-order valence-corrected chi connectivity index (χ2v) is 2.89. The second-order valence-electron chi connectivity index (χ2n) is 2.89. The highest BCUT2D eigenvalue weighted by Crippen LogP contribution is 2.01. The SMILES string of the molecule is CCCCCCn1[c]ccc1. The Balaban J connectivity index is 2.04. The molecular formula is C10H16N. The highest BCUT2D eigenvalue weighted by molar-refractivity contribution is 4.88. The summed E-state index contributed by atoms with van der Waals surface area (Å²) in [5, 5.41) is 0. The van der Waals surface area contributed by atoms with E-state index in [1.54, 1.807) is 0 Å². The Kier molecular flexibility index (Phi) is 3.81. The first-order chi connectivity index (χ1) is 5.43. The van der Waals surface area contributed by atoms with Crippen molar-refractivity contribution in [2.45, 2.75) is 39.2 Å². The first-order valence-corrected chi connectivity index (χ1v) is 4.46. The maximum atomic E-state index is 3.13. The smallest absolute Gasteiger partial charge is 0.0647 e. The maximum absolute atomic E-state index is 3.13. The quantitative estimate of drug-likeness (QED) is 0.569. The molecule has 0 aromatic carbocycles. The van der Waals surface area contributed by atoms with Gasteiger partial charge in [0, 0.05) is 12.7 Å². The second kappa shape index (κ2) is 5.00. The zero-order valence-corrected chi connectivity index (χ0v) is 7.21. The minimum absolute atomic E-state index is 1.13. The number of hydrogen-bond acceptors (Lipinski definition) is 0. The molecule has 11 heavy (non-hydrogen) atoms. The lowest BCUT2D eigenvalue weighted by molar-refractivity contribution is 0.582. The molecule has 0 unspecified atom stereocenters. The first-order valence-electron chi connectivity index (χ1n) is 4.46. The highest BCUT2D eigenvalue weighted by atomic mass is 14.9. The summed E-state index contributed by atoms with van der Waals surface area (Å²) in [4.78, 5) is 0. The van der Waals surface area contributed by atoms with Crippen LogP contribution in [0.25, 0.3) is 0 Å². The topological polar surface area (TPSA) is 4.93 Å². The molecule has 1 aromatic heterocycles. The van der Waals surface area contributed by atoms with E-state index in [1.165, 1.54) is 25.7 Å². The molecule has 1 heterocycles. The van der Waals surface area contributed by atoms with Crippen LogP contribution in [-0.4, -0.2) is 4.57 Å². The molecule has 0 amide bonds. The molecular weight excluding hydrogens is 134 g/mol. The summed E-state index contributed by atoms with van der Waals surface area (Å²) in [6.07, 6.45) is 10.5. The molecule has 0 bridgehead atoms. The van der Waals surface area contributed by atoms with E-state index in [0.717, 1.165) is 6.54 Å². The minimum Gasteiger partial charge on any atom is -0.346 e. The van der Waals surface area contributed by atoms with Gasteiger partial charge in [0.2, 0.25) is 0 Å². The fourth-order valence-corrected chi connectivity index (χ4v) is 1.18. The lowest BCUT2D eigenvalue weighted by Gasteiger charge is -2.00. The molecule has 1 rings (SSSR count). The lowest BCUT2D eigenvalue weighted by atomic mass is 10.2. The predicted octanol–water partition coefficient (Wildman–Crippen LogP) is 2.87. The van der Waals surface area contributed by atoms with Crippen molar-refractivity contribution in [3.8, 4) is 0 Å². The van der Waals surface area contributed by atoms with Crippen LogP contribution < -0.4 is 0 Å². The Morgan fingerprint density at radius 2 is 2.18 bits per heavy atom. The van der Waals surface area contributed by atoms with Crippen molar-refractivity contribution >= 4 is 0 Å². The standard InChI is InChI=1S/C10H16N/c1-2-3-4-5-8-11-9-6-7-10-11/h6-7,9H,2-5,8H2,1H3. The van der Waals surface area contributed by atoms with E-state index >= 15 is 0 Å². The molecule has 0 spiro atoms.